The van der Waals surface area contributed by atoms with Crippen LogP contribution in [0.2, 0.25) is 0 Å². The fourth-order valence-corrected chi connectivity index (χ4v) is 5.15. The second kappa shape index (κ2) is 10.6. The summed E-state index contributed by atoms with van der Waals surface area (Å²) < 4.78 is 7.04. The molecule has 2 aromatic heterocycles. The third kappa shape index (κ3) is 5.24. The molecule has 2 saturated heterocycles. The van der Waals surface area contributed by atoms with Crippen molar-refractivity contribution in [1.82, 2.24) is 30.0 Å². The lowest BCUT2D eigenvalue weighted by atomic mass is 9.96. The summed E-state index contributed by atoms with van der Waals surface area (Å²) >= 11 is 0. The molecule has 2 fully saturated rings. The van der Waals surface area contributed by atoms with Crippen molar-refractivity contribution in [3.8, 4) is 17.1 Å². The lowest BCUT2D eigenvalue weighted by Gasteiger charge is -2.32. The van der Waals surface area contributed by atoms with Crippen molar-refractivity contribution in [1.29, 1.82) is 0 Å². The summed E-state index contributed by atoms with van der Waals surface area (Å²) in [6.07, 6.45) is 5.29. The molecule has 3 aromatic rings. The monoisotopic (exact) mass is 477 g/mol. The van der Waals surface area contributed by atoms with Gasteiger partial charge in [0.1, 0.15) is 11.6 Å². The number of hydrogen-bond donors (Lipinski definition) is 1. The second-order valence-electron chi connectivity index (χ2n) is 9.65. The van der Waals surface area contributed by atoms with Crippen LogP contribution in [0.25, 0.3) is 17.0 Å². The van der Waals surface area contributed by atoms with Crippen LogP contribution in [0.3, 0.4) is 0 Å². The number of benzene rings is 1. The number of nitrogens with zero attached hydrogens (tertiary/aromatic N) is 6. The first-order valence-electron chi connectivity index (χ1n) is 12.8. The number of aromatic nitrogens is 4. The summed E-state index contributed by atoms with van der Waals surface area (Å²) in [7, 11) is 1.65. The Morgan fingerprint density at radius 1 is 1.06 bits per heavy atom. The fourth-order valence-electron chi connectivity index (χ4n) is 5.15. The van der Waals surface area contributed by atoms with E-state index < -0.39 is 0 Å². The third-order valence-electron chi connectivity index (χ3n) is 7.41. The van der Waals surface area contributed by atoms with Gasteiger partial charge in [0, 0.05) is 37.2 Å². The number of piperidine rings is 1. The summed E-state index contributed by atoms with van der Waals surface area (Å²) in [6, 6.07) is 12.2. The van der Waals surface area contributed by atoms with Gasteiger partial charge in [-0.15, -0.1) is 15.3 Å². The van der Waals surface area contributed by atoms with Gasteiger partial charge in [0.15, 0.2) is 11.5 Å². The van der Waals surface area contributed by atoms with Crippen LogP contribution in [0.5, 0.6) is 5.75 Å². The highest BCUT2D eigenvalue weighted by molar-refractivity contribution is 5.79. The van der Waals surface area contributed by atoms with E-state index >= 15 is 0 Å². The predicted octanol–water partition coefficient (Wildman–Crippen LogP) is 3.01. The number of rotatable bonds is 8. The number of carbonyl (C=O) groups excluding carboxylic acids is 1. The Hall–Kier alpha value is -3.20. The number of fused-ring (bicyclic) bond motifs is 1. The number of likely N-dealkylation sites (tertiary alicyclic amines) is 1. The molecular weight excluding hydrogens is 442 g/mol. The van der Waals surface area contributed by atoms with E-state index in [1.54, 1.807) is 11.6 Å². The number of carbonyl (C=O) groups is 1. The van der Waals surface area contributed by atoms with Crippen LogP contribution >= 0.6 is 0 Å². The molecule has 35 heavy (non-hydrogen) atoms. The smallest absolute Gasteiger partial charge is 0.223 e. The van der Waals surface area contributed by atoms with Crippen molar-refractivity contribution in [3.05, 3.63) is 36.4 Å². The van der Waals surface area contributed by atoms with Crippen LogP contribution in [-0.2, 0) is 4.79 Å². The number of anilines is 1. The van der Waals surface area contributed by atoms with E-state index in [1.807, 2.05) is 36.4 Å². The zero-order chi connectivity index (χ0) is 24.2. The Labute approximate surface area is 206 Å². The lowest BCUT2D eigenvalue weighted by molar-refractivity contribution is -0.125. The van der Waals surface area contributed by atoms with Gasteiger partial charge >= 0.3 is 0 Å². The van der Waals surface area contributed by atoms with Gasteiger partial charge in [0.05, 0.1) is 7.11 Å². The molecule has 0 bridgehead atoms. The van der Waals surface area contributed by atoms with E-state index in [9.17, 15) is 4.79 Å². The average molecular weight is 478 g/mol. The van der Waals surface area contributed by atoms with Gasteiger partial charge in [-0.3, -0.25) is 4.79 Å². The van der Waals surface area contributed by atoms with Gasteiger partial charge in [-0.25, -0.2) is 0 Å². The van der Waals surface area contributed by atoms with Crippen molar-refractivity contribution in [3.63, 3.8) is 0 Å². The van der Waals surface area contributed by atoms with Crippen LogP contribution in [0.15, 0.2) is 36.4 Å². The molecule has 0 radical (unpaired) electrons. The molecule has 2 aliphatic heterocycles. The maximum atomic E-state index is 12.7. The molecule has 0 unspecified atom stereocenters. The van der Waals surface area contributed by atoms with Crippen LogP contribution in [-0.4, -0.2) is 76.5 Å². The topological polar surface area (TPSA) is 87.9 Å². The Balaban J connectivity index is 1.17. The molecule has 2 aliphatic rings. The molecule has 1 aromatic carbocycles. The van der Waals surface area contributed by atoms with Gasteiger partial charge in [-0.1, -0.05) is 0 Å². The minimum Gasteiger partial charge on any atom is -0.497 e. The number of ether oxygens (including phenoxy) is 1. The summed E-state index contributed by atoms with van der Waals surface area (Å²) in [5.41, 5.74) is 1.63. The molecule has 0 aliphatic carbocycles. The molecule has 4 heterocycles. The Bertz CT molecular complexity index is 1130. The van der Waals surface area contributed by atoms with Crippen LogP contribution in [0.1, 0.15) is 39.0 Å². The zero-order valence-electron chi connectivity index (χ0n) is 20.7. The highest BCUT2D eigenvalue weighted by atomic mass is 16.5. The number of methoxy groups -OCH3 is 1. The van der Waals surface area contributed by atoms with Crippen molar-refractivity contribution in [2.45, 2.75) is 45.1 Å². The first-order chi connectivity index (χ1) is 17.1. The Morgan fingerprint density at radius 2 is 1.80 bits per heavy atom. The van der Waals surface area contributed by atoms with Crippen molar-refractivity contribution >= 4 is 17.4 Å². The van der Waals surface area contributed by atoms with Crippen LogP contribution in [0, 0.1) is 5.92 Å². The normalized spacial score (nSPS) is 18.2. The van der Waals surface area contributed by atoms with Crippen LogP contribution < -0.4 is 15.0 Å². The molecular formula is C26H35N7O2. The molecule has 9 heteroatoms. The molecule has 9 nitrogen and oxygen atoms in total. The average Bonchev–Trinajstić information content (AvgIpc) is 3.59. The summed E-state index contributed by atoms with van der Waals surface area (Å²) in [4.78, 5) is 17.5. The van der Waals surface area contributed by atoms with Gasteiger partial charge in [0.2, 0.25) is 5.91 Å². The molecule has 5 rings (SSSR count). The van der Waals surface area contributed by atoms with E-state index in [1.165, 1.54) is 25.9 Å². The number of nitrogens with one attached hydrogen (secondary N) is 1. The number of hydrogen-bond acceptors (Lipinski definition) is 7. The molecule has 186 valence electrons. The zero-order valence-corrected chi connectivity index (χ0v) is 20.7. The summed E-state index contributed by atoms with van der Waals surface area (Å²) in [5.74, 6) is 2.64. The molecule has 1 atom stereocenters. The van der Waals surface area contributed by atoms with Gasteiger partial charge in [-0.05, 0) is 88.5 Å². The van der Waals surface area contributed by atoms with Gasteiger partial charge < -0.3 is 19.9 Å². The van der Waals surface area contributed by atoms with Crippen molar-refractivity contribution in [2.24, 2.45) is 5.92 Å². The van der Waals surface area contributed by atoms with E-state index in [4.69, 9.17) is 9.84 Å². The van der Waals surface area contributed by atoms with Crippen molar-refractivity contribution in [2.75, 3.05) is 44.7 Å². The predicted molar refractivity (Wildman–Crippen MR) is 136 cm³/mol. The quantitative estimate of drug-likeness (QED) is 0.534. The van der Waals surface area contributed by atoms with E-state index in [2.05, 4.69) is 32.2 Å². The van der Waals surface area contributed by atoms with Crippen molar-refractivity contribution < 1.29 is 9.53 Å². The van der Waals surface area contributed by atoms with E-state index in [-0.39, 0.29) is 11.8 Å². The largest absolute Gasteiger partial charge is 0.497 e. The second-order valence-corrected chi connectivity index (χ2v) is 9.65. The first-order valence-corrected chi connectivity index (χ1v) is 12.8. The molecule has 1 amide bonds. The fraction of sp³-hybridized carbons (Fsp3) is 0.538. The maximum absolute atomic E-state index is 12.7. The minimum atomic E-state index is 0.0712. The first kappa shape index (κ1) is 23.5. The highest BCUT2D eigenvalue weighted by Gasteiger charge is 2.26. The van der Waals surface area contributed by atoms with Gasteiger partial charge in [0.25, 0.3) is 0 Å². The van der Waals surface area contributed by atoms with E-state index in [0.717, 1.165) is 56.0 Å². The Kier molecular flexibility index (Phi) is 7.13. The highest BCUT2D eigenvalue weighted by Crippen LogP contribution is 2.25. The standard InChI is InChI=1S/C26H35N7O2/c1-19(31-15-3-4-16-31)11-14-27-26(34)21-12-17-32(18-13-21)24-10-9-23-28-29-25(33(23)30-24)20-5-7-22(35-2)8-6-20/h5-10,19,21H,3-4,11-18H2,1-2H3,(H,27,34)/t19-/m0/s1. The maximum Gasteiger partial charge on any atom is 0.223 e. The van der Waals surface area contributed by atoms with Crippen LogP contribution in [0.4, 0.5) is 5.82 Å². The SMILES string of the molecule is COc1ccc(-c2nnc3ccc(N4CCC(C(=O)NCC[C@H](C)N5CCCC5)CC4)nn23)cc1. The lowest BCUT2D eigenvalue weighted by Crippen LogP contribution is -2.42. The van der Waals surface area contributed by atoms with Gasteiger partial charge in [-0.2, -0.15) is 4.52 Å². The summed E-state index contributed by atoms with van der Waals surface area (Å²) in [6.45, 7) is 7.04. The van der Waals surface area contributed by atoms with E-state index in [0.29, 0.717) is 17.5 Å². The minimum absolute atomic E-state index is 0.0712. The Morgan fingerprint density at radius 3 is 2.51 bits per heavy atom. The molecule has 0 spiro atoms. The molecule has 1 N–H and O–H groups in total. The summed E-state index contributed by atoms with van der Waals surface area (Å²) in [5, 5.41) is 16.6. The third-order valence-corrected chi connectivity index (χ3v) is 7.41. The molecule has 0 saturated carbocycles. The number of amides is 1.